The Morgan fingerprint density at radius 3 is 2.21 bits per heavy atom. The number of hydrogen-bond acceptors (Lipinski definition) is 3. The summed E-state index contributed by atoms with van der Waals surface area (Å²) in [5.41, 5.74) is 10.4. The molecule has 0 heterocycles. The van der Waals surface area contributed by atoms with Gasteiger partial charge in [0.25, 0.3) is 0 Å². The summed E-state index contributed by atoms with van der Waals surface area (Å²) in [6.07, 6.45) is -0.674. The summed E-state index contributed by atoms with van der Waals surface area (Å²) in [6.45, 7) is 4.09. The first-order chi connectivity index (χ1) is 9.02. The molecule has 19 heavy (non-hydrogen) atoms. The van der Waals surface area contributed by atoms with Gasteiger partial charge in [-0.25, -0.2) is 0 Å². The molecule has 3 heteroatoms. The maximum Gasteiger partial charge on any atom is 0.141 e. The van der Waals surface area contributed by atoms with Crippen molar-refractivity contribution in [3.63, 3.8) is 0 Å². The molecule has 0 bridgehead atoms. The fraction of sp³-hybridized carbons (Fsp3) is 0.250. The van der Waals surface area contributed by atoms with Gasteiger partial charge in [0, 0.05) is 0 Å². The van der Waals surface area contributed by atoms with Gasteiger partial charge in [-0.1, -0.05) is 24.3 Å². The van der Waals surface area contributed by atoms with Gasteiger partial charge >= 0.3 is 0 Å². The number of aryl methyl sites for hydroxylation is 2. The Balaban J connectivity index is 2.35. The van der Waals surface area contributed by atoms with E-state index < -0.39 is 6.10 Å². The van der Waals surface area contributed by atoms with E-state index in [1.807, 2.05) is 31.2 Å². The van der Waals surface area contributed by atoms with Crippen LogP contribution in [-0.4, -0.2) is 12.2 Å². The van der Waals surface area contributed by atoms with Crippen molar-refractivity contribution in [2.24, 2.45) is 0 Å². The molecule has 0 aromatic heterocycles. The van der Waals surface area contributed by atoms with Crippen LogP contribution < -0.4 is 10.5 Å². The van der Waals surface area contributed by atoms with Gasteiger partial charge < -0.3 is 15.6 Å². The molecule has 0 radical (unpaired) electrons. The second-order valence-electron chi connectivity index (χ2n) is 4.75. The second kappa shape index (κ2) is 5.33. The summed E-state index contributed by atoms with van der Waals surface area (Å²) >= 11 is 0. The van der Waals surface area contributed by atoms with E-state index in [0.29, 0.717) is 11.4 Å². The van der Waals surface area contributed by atoms with Crippen LogP contribution in [0.2, 0.25) is 0 Å². The van der Waals surface area contributed by atoms with E-state index in [0.717, 1.165) is 16.7 Å². The van der Waals surface area contributed by atoms with Crippen LogP contribution >= 0.6 is 0 Å². The quantitative estimate of drug-likeness (QED) is 0.831. The lowest BCUT2D eigenvalue weighted by molar-refractivity contribution is 0.220. The molecule has 2 rings (SSSR count). The molecule has 2 aromatic rings. The van der Waals surface area contributed by atoms with E-state index >= 15 is 0 Å². The molecular weight excluding hydrogens is 238 g/mol. The van der Waals surface area contributed by atoms with Crippen molar-refractivity contribution in [2.75, 3.05) is 12.8 Å². The van der Waals surface area contributed by atoms with E-state index in [4.69, 9.17) is 10.5 Å². The summed E-state index contributed by atoms with van der Waals surface area (Å²) in [5.74, 6) is 0.621. The first-order valence-corrected chi connectivity index (χ1v) is 6.21. The number of nitrogen functional groups attached to an aromatic ring is 1. The Kier molecular flexibility index (Phi) is 3.76. The molecule has 1 atom stereocenters. The Morgan fingerprint density at radius 2 is 1.63 bits per heavy atom. The first-order valence-electron chi connectivity index (χ1n) is 6.21. The first kappa shape index (κ1) is 13.4. The van der Waals surface area contributed by atoms with Crippen LogP contribution in [0.15, 0.2) is 36.4 Å². The summed E-state index contributed by atoms with van der Waals surface area (Å²) in [4.78, 5) is 0. The van der Waals surface area contributed by atoms with E-state index in [1.165, 1.54) is 5.56 Å². The average Bonchev–Trinajstić information content (AvgIpc) is 2.41. The van der Waals surface area contributed by atoms with Crippen molar-refractivity contribution < 1.29 is 9.84 Å². The van der Waals surface area contributed by atoms with Crippen molar-refractivity contribution in [1.82, 2.24) is 0 Å². The van der Waals surface area contributed by atoms with Crippen LogP contribution in [0.1, 0.15) is 28.4 Å². The fourth-order valence-electron chi connectivity index (χ4n) is 2.05. The molecule has 0 unspecified atom stereocenters. The molecule has 0 saturated heterocycles. The maximum absolute atomic E-state index is 10.4. The Bertz CT molecular complexity index is 593. The van der Waals surface area contributed by atoms with Crippen LogP contribution in [0.4, 0.5) is 5.69 Å². The lowest BCUT2D eigenvalue weighted by Gasteiger charge is -2.15. The predicted molar refractivity (Wildman–Crippen MR) is 77.4 cm³/mol. The molecule has 3 N–H and O–H groups in total. The smallest absolute Gasteiger partial charge is 0.141 e. The van der Waals surface area contributed by atoms with E-state index in [-0.39, 0.29) is 0 Å². The number of benzene rings is 2. The van der Waals surface area contributed by atoms with Gasteiger partial charge in [-0.3, -0.25) is 0 Å². The molecule has 3 nitrogen and oxygen atoms in total. The van der Waals surface area contributed by atoms with Crippen molar-refractivity contribution in [3.8, 4) is 5.75 Å². The summed E-state index contributed by atoms with van der Waals surface area (Å²) in [6, 6.07) is 11.3. The lowest BCUT2D eigenvalue weighted by atomic mass is 9.97. The van der Waals surface area contributed by atoms with E-state index in [2.05, 4.69) is 6.92 Å². The minimum Gasteiger partial charge on any atom is -0.495 e. The topological polar surface area (TPSA) is 55.5 Å². The molecule has 0 aliphatic rings. The highest BCUT2D eigenvalue weighted by atomic mass is 16.5. The van der Waals surface area contributed by atoms with Crippen molar-refractivity contribution in [1.29, 1.82) is 0 Å². The largest absolute Gasteiger partial charge is 0.495 e. The van der Waals surface area contributed by atoms with E-state index in [9.17, 15) is 5.11 Å². The Hall–Kier alpha value is -2.00. The normalized spacial score (nSPS) is 12.2. The highest BCUT2D eigenvalue weighted by molar-refractivity contribution is 5.55. The molecule has 0 aliphatic carbocycles. The number of hydrogen-bond donors (Lipinski definition) is 2. The van der Waals surface area contributed by atoms with Crippen molar-refractivity contribution in [3.05, 3.63) is 58.7 Å². The molecular formula is C16H19NO2. The van der Waals surface area contributed by atoms with Gasteiger partial charge in [0.05, 0.1) is 12.8 Å². The number of nitrogens with two attached hydrogens (primary N) is 1. The Morgan fingerprint density at radius 1 is 1.00 bits per heavy atom. The molecule has 0 saturated carbocycles. The fourth-order valence-corrected chi connectivity index (χ4v) is 2.05. The zero-order valence-electron chi connectivity index (χ0n) is 11.5. The highest BCUT2D eigenvalue weighted by Gasteiger charge is 2.12. The van der Waals surface area contributed by atoms with Gasteiger partial charge in [0.2, 0.25) is 0 Å². The number of aliphatic hydroxyl groups is 1. The summed E-state index contributed by atoms with van der Waals surface area (Å²) < 4.78 is 5.11. The monoisotopic (exact) mass is 257 g/mol. The predicted octanol–water partition coefficient (Wildman–Crippen LogP) is 2.98. The molecule has 0 aliphatic heterocycles. The van der Waals surface area contributed by atoms with Crippen molar-refractivity contribution in [2.45, 2.75) is 20.0 Å². The zero-order valence-corrected chi connectivity index (χ0v) is 11.5. The van der Waals surface area contributed by atoms with Gasteiger partial charge in [0.1, 0.15) is 11.9 Å². The third kappa shape index (κ3) is 2.71. The van der Waals surface area contributed by atoms with Crippen LogP contribution in [0.3, 0.4) is 0 Å². The van der Waals surface area contributed by atoms with E-state index in [1.54, 1.807) is 19.2 Å². The summed E-state index contributed by atoms with van der Waals surface area (Å²) in [5, 5.41) is 10.4. The number of ether oxygens (including phenoxy) is 1. The SMILES string of the molecule is COc1ccc([C@H](O)c2ccc(C)c(C)c2)cc1N. The van der Waals surface area contributed by atoms with Crippen LogP contribution in [-0.2, 0) is 0 Å². The maximum atomic E-state index is 10.4. The number of aliphatic hydroxyl groups excluding tert-OH is 1. The molecule has 2 aromatic carbocycles. The molecule has 0 amide bonds. The Labute approximate surface area is 113 Å². The van der Waals surface area contributed by atoms with Gasteiger partial charge in [0.15, 0.2) is 0 Å². The second-order valence-corrected chi connectivity index (χ2v) is 4.75. The third-order valence-corrected chi connectivity index (χ3v) is 3.42. The lowest BCUT2D eigenvalue weighted by Crippen LogP contribution is -2.02. The molecule has 0 fully saturated rings. The van der Waals surface area contributed by atoms with Crippen LogP contribution in [0, 0.1) is 13.8 Å². The summed E-state index contributed by atoms with van der Waals surface area (Å²) in [7, 11) is 1.57. The van der Waals surface area contributed by atoms with Crippen LogP contribution in [0.25, 0.3) is 0 Å². The minimum absolute atomic E-state index is 0.530. The number of rotatable bonds is 3. The number of anilines is 1. The average molecular weight is 257 g/mol. The number of methoxy groups -OCH3 is 1. The van der Waals surface area contributed by atoms with Gasteiger partial charge in [-0.15, -0.1) is 0 Å². The van der Waals surface area contributed by atoms with Gasteiger partial charge in [-0.2, -0.15) is 0 Å². The van der Waals surface area contributed by atoms with Crippen LogP contribution in [0.5, 0.6) is 5.75 Å². The van der Waals surface area contributed by atoms with Gasteiger partial charge in [-0.05, 0) is 48.2 Å². The zero-order chi connectivity index (χ0) is 14.0. The molecule has 100 valence electrons. The standard InChI is InChI=1S/C16H19NO2/c1-10-4-5-12(8-11(10)2)16(18)13-6-7-15(19-3)14(17)9-13/h4-9,16,18H,17H2,1-3H3/t16-/m1/s1. The molecule has 0 spiro atoms. The highest BCUT2D eigenvalue weighted by Crippen LogP contribution is 2.29. The third-order valence-electron chi connectivity index (χ3n) is 3.42. The minimum atomic E-state index is -0.674. The van der Waals surface area contributed by atoms with Crippen molar-refractivity contribution >= 4 is 5.69 Å².